The Hall–Kier alpha value is -1.95. The van der Waals surface area contributed by atoms with Crippen molar-refractivity contribution in [1.82, 2.24) is 14.5 Å². The lowest BCUT2D eigenvalue weighted by Crippen LogP contribution is -2.22. The maximum absolute atomic E-state index is 13.4. The molecule has 21 heavy (non-hydrogen) atoms. The van der Waals surface area contributed by atoms with E-state index in [0.717, 1.165) is 31.0 Å². The number of nitrogens with one attached hydrogen (secondary N) is 1. The van der Waals surface area contributed by atoms with Crippen molar-refractivity contribution < 1.29 is 4.39 Å². The molecule has 0 unspecified atom stereocenters. The first-order valence-electron chi connectivity index (χ1n) is 7.33. The number of imidazole rings is 1. The molecule has 6 heteroatoms. The van der Waals surface area contributed by atoms with Crippen LogP contribution in [0, 0.1) is 11.2 Å². The molecule has 0 amide bonds. The predicted molar refractivity (Wildman–Crippen MR) is 80.7 cm³/mol. The van der Waals surface area contributed by atoms with Crippen molar-refractivity contribution in [2.45, 2.75) is 32.4 Å². The van der Waals surface area contributed by atoms with Gasteiger partial charge in [-0.1, -0.05) is 0 Å². The molecule has 2 heterocycles. The summed E-state index contributed by atoms with van der Waals surface area (Å²) in [4.78, 5) is 6.95. The first kappa shape index (κ1) is 14.0. The van der Waals surface area contributed by atoms with Gasteiger partial charge >= 0.3 is 0 Å². The van der Waals surface area contributed by atoms with E-state index in [-0.39, 0.29) is 11.7 Å². The van der Waals surface area contributed by atoms with Crippen LogP contribution in [0.5, 0.6) is 0 Å². The molecule has 1 fully saturated rings. The van der Waals surface area contributed by atoms with Crippen LogP contribution < -0.4 is 5.73 Å². The molecule has 1 aromatic heterocycles. The molecular weight excluding hydrogens is 269 g/mol. The lowest BCUT2D eigenvalue weighted by Gasteiger charge is -2.15. The van der Waals surface area contributed by atoms with Gasteiger partial charge in [0.05, 0.1) is 23.4 Å². The third kappa shape index (κ3) is 3.05. The summed E-state index contributed by atoms with van der Waals surface area (Å²) < 4.78 is 15.4. The monoisotopic (exact) mass is 289 g/mol. The number of aromatic nitrogens is 2. The second-order valence-corrected chi connectivity index (χ2v) is 5.57. The summed E-state index contributed by atoms with van der Waals surface area (Å²) in [7, 11) is 0. The third-order valence-corrected chi connectivity index (χ3v) is 3.96. The molecule has 1 saturated heterocycles. The molecule has 3 N–H and O–H groups in total. The van der Waals surface area contributed by atoms with E-state index in [1.54, 1.807) is 6.07 Å². The lowest BCUT2D eigenvalue weighted by atomic mass is 10.3. The molecule has 0 aliphatic carbocycles. The maximum atomic E-state index is 13.4. The summed E-state index contributed by atoms with van der Waals surface area (Å²) in [6, 6.07) is 4.67. The Morgan fingerprint density at radius 1 is 1.33 bits per heavy atom. The molecule has 1 aromatic carbocycles. The average molecular weight is 289 g/mol. The minimum atomic E-state index is -0.272. The number of likely N-dealkylation sites (tertiary alicyclic amines) is 1. The Kier molecular flexibility index (Phi) is 3.88. The number of halogens is 1. The van der Waals surface area contributed by atoms with E-state index in [1.807, 2.05) is 0 Å². The number of hydrogen-bond donors (Lipinski definition) is 2. The molecule has 0 radical (unpaired) electrons. The molecular formula is C15H20FN5. The number of rotatable bonds is 5. The zero-order valence-corrected chi connectivity index (χ0v) is 12.0. The molecule has 2 aromatic rings. The fourth-order valence-electron chi connectivity index (χ4n) is 2.90. The minimum Gasteiger partial charge on any atom is -0.388 e. The normalized spacial score (nSPS) is 15.9. The smallest absolute Gasteiger partial charge is 0.125 e. The van der Waals surface area contributed by atoms with E-state index >= 15 is 0 Å². The summed E-state index contributed by atoms with van der Waals surface area (Å²) >= 11 is 0. The number of nitrogens with zero attached hydrogens (tertiary/aromatic N) is 3. The van der Waals surface area contributed by atoms with Gasteiger partial charge in [0.2, 0.25) is 0 Å². The van der Waals surface area contributed by atoms with Crippen LogP contribution in [0.15, 0.2) is 18.2 Å². The highest BCUT2D eigenvalue weighted by atomic mass is 19.1. The van der Waals surface area contributed by atoms with Crippen LogP contribution in [0.3, 0.4) is 0 Å². The van der Waals surface area contributed by atoms with Crippen molar-refractivity contribution in [3.63, 3.8) is 0 Å². The predicted octanol–water partition coefficient (Wildman–Crippen LogP) is 2.10. The Balaban J connectivity index is 1.94. The Bertz CT molecular complexity index is 657. The van der Waals surface area contributed by atoms with Crippen LogP contribution in [0.2, 0.25) is 0 Å². The molecule has 3 rings (SSSR count). The van der Waals surface area contributed by atoms with Crippen LogP contribution in [0.1, 0.15) is 25.1 Å². The van der Waals surface area contributed by atoms with E-state index in [9.17, 15) is 4.39 Å². The van der Waals surface area contributed by atoms with E-state index in [1.165, 1.54) is 25.0 Å². The number of amidine groups is 1. The SMILES string of the molecule is N=C(N)CCn1c(CN2CCCC2)nc2cc(F)ccc21. The summed E-state index contributed by atoms with van der Waals surface area (Å²) in [6.45, 7) is 3.56. The van der Waals surface area contributed by atoms with Crippen molar-refractivity contribution in [3.8, 4) is 0 Å². The Labute approximate surface area is 123 Å². The van der Waals surface area contributed by atoms with Gasteiger partial charge in [-0.05, 0) is 38.1 Å². The zero-order chi connectivity index (χ0) is 14.8. The van der Waals surface area contributed by atoms with E-state index < -0.39 is 0 Å². The van der Waals surface area contributed by atoms with Crippen LogP contribution >= 0.6 is 0 Å². The standard InChI is InChI=1S/C15H20FN5/c16-11-3-4-13-12(9-11)19-15(10-20-6-1-2-7-20)21(13)8-5-14(17)18/h3-4,9H,1-2,5-8,10H2,(H3,17,18). The van der Waals surface area contributed by atoms with Crippen LogP contribution in [-0.4, -0.2) is 33.4 Å². The number of nitrogens with two attached hydrogens (primary N) is 1. The van der Waals surface area contributed by atoms with Gasteiger partial charge in [-0.15, -0.1) is 0 Å². The fourth-order valence-corrected chi connectivity index (χ4v) is 2.90. The highest BCUT2D eigenvalue weighted by Crippen LogP contribution is 2.20. The van der Waals surface area contributed by atoms with E-state index in [0.29, 0.717) is 18.5 Å². The van der Waals surface area contributed by atoms with Gasteiger partial charge in [0.1, 0.15) is 11.6 Å². The van der Waals surface area contributed by atoms with Gasteiger partial charge in [-0.25, -0.2) is 9.37 Å². The quantitative estimate of drug-likeness (QED) is 0.654. The van der Waals surface area contributed by atoms with Crippen LogP contribution in [0.4, 0.5) is 4.39 Å². The van der Waals surface area contributed by atoms with Gasteiger partial charge in [0.15, 0.2) is 0 Å². The summed E-state index contributed by atoms with van der Waals surface area (Å²) in [5.74, 6) is 0.816. The third-order valence-electron chi connectivity index (χ3n) is 3.96. The molecule has 1 aliphatic rings. The Morgan fingerprint density at radius 2 is 2.10 bits per heavy atom. The molecule has 0 saturated carbocycles. The number of fused-ring (bicyclic) bond motifs is 1. The fraction of sp³-hybridized carbons (Fsp3) is 0.467. The average Bonchev–Trinajstić information content (AvgIpc) is 3.04. The van der Waals surface area contributed by atoms with Crippen molar-refractivity contribution in [2.24, 2.45) is 5.73 Å². The summed E-state index contributed by atoms with van der Waals surface area (Å²) in [6.07, 6.45) is 2.93. The first-order chi connectivity index (χ1) is 10.1. The second kappa shape index (κ2) is 5.81. The van der Waals surface area contributed by atoms with Crippen LogP contribution in [0.25, 0.3) is 11.0 Å². The largest absolute Gasteiger partial charge is 0.388 e. The van der Waals surface area contributed by atoms with Crippen LogP contribution in [-0.2, 0) is 13.1 Å². The van der Waals surface area contributed by atoms with Crippen molar-refractivity contribution in [1.29, 1.82) is 5.41 Å². The maximum Gasteiger partial charge on any atom is 0.125 e. The summed E-state index contributed by atoms with van der Waals surface area (Å²) in [5.41, 5.74) is 7.05. The zero-order valence-electron chi connectivity index (χ0n) is 12.0. The van der Waals surface area contributed by atoms with Gasteiger partial charge in [0.25, 0.3) is 0 Å². The number of hydrogen-bond acceptors (Lipinski definition) is 3. The Morgan fingerprint density at radius 3 is 2.81 bits per heavy atom. The minimum absolute atomic E-state index is 0.158. The van der Waals surface area contributed by atoms with Gasteiger partial charge < -0.3 is 10.3 Å². The van der Waals surface area contributed by atoms with E-state index in [4.69, 9.17) is 11.1 Å². The molecule has 1 aliphatic heterocycles. The summed E-state index contributed by atoms with van der Waals surface area (Å²) in [5, 5.41) is 7.41. The van der Waals surface area contributed by atoms with Gasteiger partial charge in [-0.3, -0.25) is 10.3 Å². The molecule has 0 spiro atoms. The lowest BCUT2D eigenvalue weighted by molar-refractivity contribution is 0.317. The van der Waals surface area contributed by atoms with Crippen molar-refractivity contribution in [3.05, 3.63) is 29.8 Å². The topological polar surface area (TPSA) is 70.9 Å². The van der Waals surface area contributed by atoms with Crippen molar-refractivity contribution >= 4 is 16.9 Å². The van der Waals surface area contributed by atoms with Gasteiger partial charge in [-0.2, -0.15) is 0 Å². The highest BCUT2D eigenvalue weighted by molar-refractivity contribution is 5.78. The van der Waals surface area contributed by atoms with E-state index in [2.05, 4.69) is 14.5 Å². The molecule has 5 nitrogen and oxygen atoms in total. The molecule has 112 valence electrons. The molecule has 0 atom stereocenters. The van der Waals surface area contributed by atoms with Crippen molar-refractivity contribution in [2.75, 3.05) is 13.1 Å². The second-order valence-electron chi connectivity index (χ2n) is 5.57. The number of benzene rings is 1. The number of aryl methyl sites for hydroxylation is 1. The first-order valence-corrected chi connectivity index (χ1v) is 7.33. The highest BCUT2D eigenvalue weighted by Gasteiger charge is 2.17. The van der Waals surface area contributed by atoms with Gasteiger partial charge in [0, 0.05) is 19.0 Å². The molecule has 0 bridgehead atoms.